The molecule has 4 heteroatoms. The van der Waals surface area contributed by atoms with Gasteiger partial charge in [0.05, 0.1) is 0 Å². The zero-order chi connectivity index (χ0) is 12.3. The fourth-order valence-corrected chi connectivity index (χ4v) is 5.42. The van der Waals surface area contributed by atoms with E-state index in [0.717, 1.165) is 36.8 Å². The summed E-state index contributed by atoms with van der Waals surface area (Å²) in [6.07, 6.45) is 6.67. The molecule has 0 aromatic carbocycles. The van der Waals surface area contributed by atoms with Gasteiger partial charge in [-0.2, -0.15) is 0 Å². The highest BCUT2D eigenvalue weighted by atomic mass is 35.5. The number of likely N-dealkylation sites (N-methyl/N-ethyl adjacent to an activating group) is 1. The molecule has 1 heterocycles. The van der Waals surface area contributed by atoms with Crippen molar-refractivity contribution in [2.75, 3.05) is 20.1 Å². The van der Waals surface area contributed by atoms with Gasteiger partial charge in [0.15, 0.2) is 0 Å². The molecule has 1 aliphatic heterocycles. The van der Waals surface area contributed by atoms with Crippen molar-refractivity contribution < 1.29 is 4.79 Å². The predicted molar refractivity (Wildman–Crippen MR) is 77.2 cm³/mol. The molecule has 3 saturated carbocycles. The van der Waals surface area contributed by atoms with Crippen LogP contribution in [0.3, 0.4) is 0 Å². The third-order valence-corrected chi connectivity index (χ3v) is 6.12. The van der Waals surface area contributed by atoms with Crippen LogP contribution in [-0.2, 0) is 4.79 Å². The van der Waals surface area contributed by atoms with Gasteiger partial charge in [0.1, 0.15) is 0 Å². The first-order valence-corrected chi connectivity index (χ1v) is 7.76. The molecule has 1 saturated heterocycles. The summed E-state index contributed by atoms with van der Waals surface area (Å²) in [4.78, 5) is 14.9. The van der Waals surface area contributed by atoms with Crippen LogP contribution in [0.25, 0.3) is 0 Å². The Morgan fingerprint density at radius 1 is 1.21 bits per heavy atom. The van der Waals surface area contributed by atoms with E-state index in [1.54, 1.807) is 0 Å². The Morgan fingerprint density at radius 3 is 2.53 bits per heavy atom. The van der Waals surface area contributed by atoms with Crippen molar-refractivity contribution in [2.24, 2.45) is 29.6 Å². The Labute approximate surface area is 121 Å². The fourth-order valence-electron chi connectivity index (χ4n) is 5.42. The number of carbonyl (C=O) groups is 1. The van der Waals surface area contributed by atoms with Crippen LogP contribution in [-0.4, -0.2) is 37.0 Å². The summed E-state index contributed by atoms with van der Waals surface area (Å²) in [7, 11) is 1.99. The van der Waals surface area contributed by atoms with Gasteiger partial charge in [-0.15, -0.1) is 12.4 Å². The van der Waals surface area contributed by atoms with Gasteiger partial charge in [-0.1, -0.05) is 0 Å². The Morgan fingerprint density at radius 2 is 1.89 bits per heavy atom. The molecular weight excluding hydrogens is 260 g/mol. The highest BCUT2D eigenvalue weighted by Gasteiger charge is 2.68. The van der Waals surface area contributed by atoms with E-state index in [0.29, 0.717) is 17.9 Å². The van der Waals surface area contributed by atoms with Gasteiger partial charge < -0.3 is 10.2 Å². The molecule has 0 radical (unpaired) electrons. The summed E-state index contributed by atoms with van der Waals surface area (Å²) in [6.45, 7) is 1.98. The van der Waals surface area contributed by atoms with Crippen molar-refractivity contribution in [3.63, 3.8) is 0 Å². The van der Waals surface area contributed by atoms with E-state index in [9.17, 15) is 4.79 Å². The van der Waals surface area contributed by atoms with Crippen molar-refractivity contribution >= 4 is 18.3 Å². The monoisotopic (exact) mass is 284 g/mol. The summed E-state index contributed by atoms with van der Waals surface area (Å²) in [5.41, 5.74) is 0. The number of halogens is 1. The Bertz CT molecular complexity index is 359. The number of carbonyl (C=O) groups excluding carboxylic acids is 1. The second kappa shape index (κ2) is 4.92. The topological polar surface area (TPSA) is 32.3 Å². The van der Waals surface area contributed by atoms with E-state index in [1.807, 2.05) is 7.05 Å². The number of amides is 1. The molecule has 19 heavy (non-hydrogen) atoms. The molecule has 5 atom stereocenters. The van der Waals surface area contributed by atoms with E-state index in [4.69, 9.17) is 0 Å². The Kier molecular flexibility index (Phi) is 3.55. The summed E-state index contributed by atoms with van der Waals surface area (Å²) in [6, 6.07) is 0.474. The molecule has 0 aromatic heterocycles. The normalized spacial score (nSPS) is 46.1. The molecule has 0 spiro atoms. The van der Waals surface area contributed by atoms with Gasteiger partial charge in [-0.25, -0.2) is 0 Å². The number of hydrogen-bond acceptors (Lipinski definition) is 2. The minimum absolute atomic E-state index is 0. The van der Waals surface area contributed by atoms with E-state index >= 15 is 0 Å². The second-order valence-electron chi connectivity index (χ2n) is 6.90. The lowest BCUT2D eigenvalue weighted by atomic mass is 10.0. The van der Waals surface area contributed by atoms with Gasteiger partial charge in [0.2, 0.25) is 5.91 Å². The third-order valence-electron chi connectivity index (χ3n) is 6.12. The zero-order valence-corrected chi connectivity index (χ0v) is 12.5. The fraction of sp³-hybridized carbons (Fsp3) is 0.933. The highest BCUT2D eigenvalue weighted by Crippen LogP contribution is 2.69. The molecule has 1 N–H and O–H groups in total. The average molecular weight is 285 g/mol. The lowest BCUT2D eigenvalue weighted by Gasteiger charge is -2.25. The third kappa shape index (κ3) is 1.92. The average Bonchev–Trinajstić information content (AvgIpc) is 2.75. The molecule has 1 amide bonds. The van der Waals surface area contributed by atoms with Crippen molar-refractivity contribution in [1.82, 2.24) is 10.2 Å². The first kappa shape index (κ1) is 13.7. The molecule has 3 aliphatic carbocycles. The SMILES string of the molecule is CNCC1CCCN1C(=O)C1C2C3CCC(C3)C12.Cl. The van der Waals surface area contributed by atoms with Crippen LogP contribution in [0.1, 0.15) is 32.1 Å². The molecule has 4 rings (SSSR count). The number of fused-ring (bicyclic) bond motifs is 5. The molecule has 4 fully saturated rings. The van der Waals surface area contributed by atoms with Gasteiger partial charge in [-0.3, -0.25) is 4.79 Å². The molecular formula is C15H25ClN2O. The lowest BCUT2D eigenvalue weighted by molar-refractivity contribution is -0.134. The van der Waals surface area contributed by atoms with E-state index in [-0.39, 0.29) is 12.4 Å². The van der Waals surface area contributed by atoms with Gasteiger partial charge in [0, 0.05) is 25.0 Å². The molecule has 4 aliphatic rings. The minimum Gasteiger partial charge on any atom is -0.338 e. The Hall–Kier alpha value is -0.280. The molecule has 2 bridgehead atoms. The maximum atomic E-state index is 12.7. The standard InChI is InChI=1S/C15H24N2O.ClH/c1-16-8-11-3-2-6-17(11)15(18)14-12-9-4-5-10(7-9)13(12)14;/h9-14,16H,2-8H2,1H3;1H. The van der Waals surface area contributed by atoms with Crippen molar-refractivity contribution in [2.45, 2.75) is 38.1 Å². The highest BCUT2D eigenvalue weighted by molar-refractivity contribution is 5.85. The van der Waals surface area contributed by atoms with Crippen LogP contribution in [0.2, 0.25) is 0 Å². The zero-order valence-electron chi connectivity index (χ0n) is 11.7. The van der Waals surface area contributed by atoms with Crippen molar-refractivity contribution in [3.05, 3.63) is 0 Å². The summed E-state index contributed by atoms with van der Waals surface area (Å²) in [5, 5.41) is 3.24. The number of hydrogen-bond donors (Lipinski definition) is 1. The molecule has 3 nitrogen and oxygen atoms in total. The van der Waals surface area contributed by atoms with Crippen molar-refractivity contribution in [3.8, 4) is 0 Å². The van der Waals surface area contributed by atoms with Gasteiger partial charge >= 0.3 is 0 Å². The van der Waals surface area contributed by atoms with Crippen LogP contribution >= 0.6 is 12.4 Å². The first-order chi connectivity index (χ1) is 8.81. The van der Waals surface area contributed by atoms with Crippen LogP contribution in [0.15, 0.2) is 0 Å². The van der Waals surface area contributed by atoms with E-state index in [1.165, 1.54) is 32.1 Å². The first-order valence-electron chi connectivity index (χ1n) is 7.76. The predicted octanol–water partition coefficient (Wildman–Crippen LogP) is 1.91. The number of nitrogens with zero attached hydrogens (tertiary/aromatic N) is 1. The summed E-state index contributed by atoms with van der Waals surface area (Å²) in [5.74, 6) is 4.38. The quantitative estimate of drug-likeness (QED) is 0.859. The number of likely N-dealkylation sites (tertiary alicyclic amines) is 1. The van der Waals surface area contributed by atoms with Crippen molar-refractivity contribution in [1.29, 1.82) is 0 Å². The second-order valence-corrected chi connectivity index (χ2v) is 6.90. The smallest absolute Gasteiger partial charge is 0.226 e. The molecule has 0 aromatic rings. The number of rotatable bonds is 3. The van der Waals surface area contributed by atoms with Crippen LogP contribution in [0.5, 0.6) is 0 Å². The largest absolute Gasteiger partial charge is 0.338 e. The lowest BCUT2D eigenvalue weighted by Crippen LogP contribution is -2.42. The molecule has 5 unspecified atom stereocenters. The summed E-state index contributed by atoms with van der Waals surface area (Å²) < 4.78 is 0. The van der Waals surface area contributed by atoms with E-state index in [2.05, 4.69) is 10.2 Å². The van der Waals surface area contributed by atoms with Gasteiger partial charge in [0.25, 0.3) is 0 Å². The van der Waals surface area contributed by atoms with E-state index < -0.39 is 0 Å². The minimum atomic E-state index is 0. The van der Waals surface area contributed by atoms with Gasteiger partial charge in [-0.05, 0) is 62.8 Å². The summed E-state index contributed by atoms with van der Waals surface area (Å²) >= 11 is 0. The maximum Gasteiger partial charge on any atom is 0.226 e. The number of nitrogens with one attached hydrogen (secondary N) is 1. The van der Waals surface area contributed by atoms with Crippen LogP contribution in [0.4, 0.5) is 0 Å². The molecule has 108 valence electrons. The Balaban J connectivity index is 0.00000110. The van der Waals surface area contributed by atoms with Crippen LogP contribution < -0.4 is 5.32 Å². The van der Waals surface area contributed by atoms with Crippen LogP contribution in [0, 0.1) is 29.6 Å². The maximum absolute atomic E-state index is 12.7.